The average molecular weight is 364 g/mol. The van der Waals surface area contributed by atoms with Crippen molar-refractivity contribution >= 4 is 31.7 Å². The van der Waals surface area contributed by atoms with Crippen LogP contribution in [0.15, 0.2) is 24.3 Å². The van der Waals surface area contributed by atoms with Gasteiger partial charge in [0, 0.05) is 13.1 Å². The van der Waals surface area contributed by atoms with Gasteiger partial charge in [-0.3, -0.25) is 4.31 Å². The Morgan fingerprint density at radius 1 is 1.13 bits per heavy atom. The Labute approximate surface area is 136 Å². The molecule has 0 aromatic heterocycles. The zero-order valence-corrected chi connectivity index (χ0v) is 14.8. The Balaban J connectivity index is 2.94. The van der Waals surface area contributed by atoms with E-state index >= 15 is 0 Å². The SMILES string of the molecule is CCOC(=O)c1ccc(N(CCNS(C)(=O)=O)S(C)(=O)=O)cc1. The number of hydrogen-bond acceptors (Lipinski definition) is 6. The van der Waals surface area contributed by atoms with Crippen molar-refractivity contribution in [3.8, 4) is 0 Å². The highest BCUT2D eigenvalue weighted by atomic mass is 32.2. The fourth-order valence-electron chi connectivity index (χ4n) is 1.80. The van der Waals surface area contributed by atoms with Crippen LogP contribution in [-0.4, -0.2) is 55.0 Å². The van der Waals surface area contributed by atoms with E-state index < -0.39 is 26.0 Å². The van der Waals surface area contributed by atoms with Crippen molar-refractivity contribution in [2.45, 2.75) is 6.92 Å². The lowest BCUT2D eigenvalue weighted by atomic mass is 10.2. The van der Waals surface area contributed by atoms with Crippen LogP contribution >= 0.6 is 0 Å². The fourth-order valence-corrected chi connectivity index (χ4v) is 3.19. The highest BCUT2D eigenvalue weighted by Crippen LogP contribution is 2.18. The summed E-state index contributed by atoms with van der Waals surface area (Å²) >= 11 is 0. The lowest BCUT2D eigenvalue weighted by Gasteiger charge is -2.22. The Morgan fingerprint density at radius 2 is 1.70 bits per heavy atom. The van der Waals surface area contributed by atoms with E-state index in [1.807, 2.05) is 0 Å². The molecule has 0 atom stereocenters. The molecule has 1 aromatic carbocycles. The molecule has 0 spiro atoms. The first-order chi connectivity index (χ1) is 10.5. The second-order valence-corrected chi connectivity index (χ2v) is 8.51. The Hall–Kier alpha value is -1.65. The predicted molar refractivity (Wildman–Crippen MR) is 87.4 cm³/mol. The summed E-state index contributed by atoms with van der Waals surface area (Å²) in [6.07, 6.45) is 2.01. The number of rotatable bonds is 8. The Morgan fingerprint density at radius 3 is 2.13 bits per heavy atom. The van der Waals surface area contributed by atoms with Gasteiger partial charge in [-0.15, -0.1) is 0 Å². The number of sulfonamides is 2. The van der Waals surface area contributed by atoms with Crippen molar-refractivity contribution < 1.29 is 26.4 Å². The van der Waals surface area contributed by atoms with Crippen molar-refractivity contribution in [3.05, 3.63) is 29.8 Å². The minimum Gasteiger partial charge on any atom is -0.462 e. The summed E-state index contributed by atoms with van der Waals surface area (Å²) in [6, 6.07) is 5.84. The number of nitrogens with one attached hydrogen (secondary N) is 1. The molecule has 1 aromatic rings. The molecule has 0 aliphatic rings. The molecule has 0 unspecified atom stereocenters. The molecule has 23 heavy (non-hydrogen) atoms. The number of carbonyl (C=O) groups excluding carboxylic acids is 1. The van der Waals surface area contributed by atoms with Crippen LogP contribution in [0.1, 0.15) is 17.3 Å². The van der Waals surface area contributed by atoms with E-state index in [0.717, 1.165) is 16.8 Å². The number of anilines is 1. The van der Waals surface area contributed by atoms with Crippen molar-refractivity contribution in [2.75, 3.05) is 36.5 Å². The Bertz CT molecular complexity index is 741. The van der Waals surface area contributed by atoms with Crippen LogP contribution in [0.3, 0.4) is 0 Å². The van der Waals surface area contributed by atoms with Gasteiger partial charge in [-0.1, -0.05) is 0 Å². The van der Waals surface area contributed by atoms with Gasteiger partial charge in [-0.05, 0) is 31.2 Å². The third-order valence-electron chi connectivity index (χ3n) is 2.75. The first-order valence-corrected chi connectivity index (χ1v) is 10.5. The lowest BCUT2D eigenvalue weighted by Crippen LogP contribution is -2.37. The zero-order chi connectivity index (χ0) is 17.7. The molecule has 130 valence electrons. The second-order valence-electron chi connectivity index (χ2n) is 4.77. The van der Waals surface area contributed by atoms with E-state index in [4.69, 9.17) is 4.74 Å². The quantitative estimate of drug-likeness (QED) is 0.659. The van der Waals surface area contributed by atoms with Crippen LogP contribution < -0.4 is 9.03 Å². The van der Waals surface area contributed by atoms with E-state index in [9.17, 15) is 21.6 Å². The lowest BCUT2D eigenvalue weighted by molar-refractivity contribution is 0.0526. The molecule has 0 bridgehead atoms. The fraction of sp³-hybridized carbons (Fsp3) is 0.462. The molecule has 0 radical (unpaired) electrons. The number of nitrogens with zero attached hydrogens (tertiary/aromatic N) is 1. The maximum Gasteiger partial charge on any atom is 0.338 e. The van der Waals surface area contributed by atoms with Gasteiger partial charge in [0.25, 0.3) is 0 Å². The predicted octanol–water partition coefficient (Wildman–Crippen LogP) is 0.179. The van der Waals surface area contributed by atoms with Gasteiger partial charge in [-0.2, -0.15) is 0 Å². The van der Waals surface area contributed by atoms with Crippen LogP contribution in [0.5, 0.6) is 0 Å². The molecule has 1 rings (SSSR count). The number of ether oxygens (including phenoxy) is 1. The van der Waals surface area contributed by atoms with E-state index in [-0.39, 0.29) is 19.7 Å². The molecule has 0 aliphatic heterocycles. The molecule has 10 heteroatoms. The third-order valence-corrected chi connectivity index (χ3v) is 4.67. The Kier molecular flexibility index (Phi) is 6.54. The van der Waals surface area contributed by atoms with Crippen molar-refractivity contribution in [1.29, 1.82) is 0 Å². The minimum atomic E-state index is -3.60. The normalized spacial score (nSPS) is 12.0. The van der Waals surface area contributed by atoms with E-state index in [2.05, 4.69) is 4.72 Å². The molecule has 0 fully saturated rings. The maximum atomic E-state index is 11.9. The topological polar surface area (TPSA) is 110 Å². The first kappa shape index (κ1) is 19.4. The summed E-state index contributed by atoms with van der Waals surface area (Å²) in [4.78, 5) is 11.6. The van der Waals surface area contributed by atoms with Crippen LogP contribution in [-0.2, 0) is 24.8 Å². The van der Waals surface area contributed by atoms with Gasteiger partial charge >= 0.3 is 5.97 Å². The largest absolute Gasteiger partial charge is 0.462 e. The molecule has 0 saturated heterocycles. The molecule has 8 nitrogen and oxygen atoms in total. The number of esters is 1. The van der Waals surface area contributed by atoms with Gasteiger partial charge < -0.3 is 4.74 Å². The molecule has 1 N–H and O–H groups in total. The van der Waals surface area contributed by atoms with E-state index in [1.54, 1.807) is 6.92 Å². The van der Waals surface area contributed by atoms with Crippen molar-refractivity contribution in [2.24, 2.45) is 0 Å². The molecule has 0 saturated carbocycles. The molecule has 0 aliphatic carbocycles. The summed E-state index contributed by atoms with van der Waals surface area (Å²) in [5.41, 5.74) is 0.633. The van der Waals surface area contributed by atoms with Crippen LogP contribution in [0, 0.1) is 0 Å². The number of carbonyl (C=O) groups is 1. The van der Waals surface area contributed by atoms with Gasteiger partial charge in [0.1, 0.15) is 0 Å². The van der Waals surface area contributed by atoms with Gasteiger partial charge in [0.05, 0.1) is 30.4 Å². The average Bonchev–Trinajstić information content (AvgIpc) is 2.42. The number of benzene rings is 1. The molecule has 0 heterocycles. The first-order valence-electron chi connectivity index (χ1n) is 6.74. The van der Waals surface area contributed by atoms with Gasteiger partial charge in [0.2, 0.25) is 20.0 Å². The smallest absolute Gasteiger partial charge is 0.338 e. The van der Waals surface area contributed by atoms with Crippen molar-refractivity contribution in [1.82, 2.24) is 4.72 Å². The van der Waals surface area contributed by atoms with E-state index in [0.29, 0.717) is 11.3 Å². The van der Waals surface area contributed by atoms with E-state index in [1.165, 1.54) is 24.3 Å². The molecular formula is C13H20N2O6S2. The van der Waals surface area contributed by atoms with Crippen LogP contribution in [0.4, 0.5) is 5.69 Å². The minimum absolute atomic E-state index is 0.0640. The standard InChI is InChI=1S/C13H20N2O6S2/c1-4-21-13(16)11-5-7-12(8-6-11)15(23(3,19)20)10-9-14-22(2,17)18/h5-8,14H,4,9-10H2,1-3H3. The van der Waals surface area contributed by atoms with Crippen LogP contribution in [0.2, 0.25) is 0 Å². The molecule has 0 amide bonds. The second kappa shape index (κ2) is 7.75. The summed E-state index contributed by atoms with van der Waals surface area (Å²) < 4.78 is 54.0. The third kappa shape index (κ3) is 6.55. The zero-order valence-electron chi connectivity index (χ0n) is 13.1. The highest BCUT2D eigenvalue weighted by molar-refractivity contribution is 7.92. The van der Waals surface area contributed by atoms with Crippen LogP contribution in [0.25, 0.3) is 0 Å². The summed E-state index contributed by atoms with van der Waals surface area (Å²) in [7, 11) is -7.00. The highest BCUT2D eigenvalue weighted by Gasteiger charge is 2.18. The van der Waals surface area contributed by atoms with Gasteiger partial charge in [0.15, 0.2) is 0 Å². The van der Waals surface area contributed by atoms with Gasteiger partial charge in [-0.25, -0.2) is 26.4 Å². The summed E-state index contributed by atoms with van der Waals surface area (Å²) in [6.45, 7) is 1.80. The summed E-state index contributed by atoms with van der Waals surface area (Å²) in [5, 5.41) is 0. The monoisotopic (exact) mass is 364 g/mol. The molecular weight excluding hydrogens is 344 g/mol. The number of hydrogen-bond donors (Lipinski definition) is 1. The summed E-state index contributed by atoms with van der Waals surface area (Å²) in [5.74, 6) is -0.497. The maximum absolute atomic E-state index is 11.9. The van der Waals surface area contributed by atoms with Crippen molar-refractivity contribution in [3.63, 3.8) is 0 Å².